The number of nitrogens with zero attached hydrogens (tertiary/aromatic N) is 5. The van der Waals surface area contributed by atoms with Gasteiger partial charge in [0.2, 0.25) is 0 Å². The summed E-state index contributed by atoms with van der Waals surface area (Å²) < 4.78 is 0. The maximum atomic E-state index is 13.3. The van der Waals surface area contributed by atoms with E-state index in [9.17, 15) is 20.2 Å². The van der Waals surface area contributed by atoms with Gasteiger partial charge in [0.25, 0.3) is 11.6 Å². The normalized spacial score (nSPS) is 19.1. The highest BCUT2D eigenvalue weighted by Gasteiger charge is 2.47. The number of nitriles is 1. The van der Waals surface area contributed by atoms with Gasteiger partial charge in [0.05, 0.1) is 29.2 Å². The number of benzene rings is 2. The van der Waals surface area contributed by atoms with Crippen molar-refractivity contribution in [2.24, 2.45) is 0 Å². The van der Waals surface area contributed by atoms with Crippen LogP contribution in [0.4, 0.5) is 17.1 Å². The van der Waals surface area contributed by atoms with Crippen LogP contribution in [0.25, 0.3) is 0 Å². The molecule has 1 aromatic heterocycles. The molecule has 3 heterocycles. The Hall–Kier alpha value is -4.51. The van der Waals surface area contributed by atoms with E-state index in [1.165, 1.54) is 12.1 Å². The number of anilines is 2. The van der Waals surface area contributed by atoms with Crippen molar-refractivity contribution in [1.82, 2.24) is 4.98 Å². The Balaban J connectivity index is 1.64. The lowest BCUT2D eigenvalue weighted by molar-refractivity contribution is -0.384. The molecule has 2 atom stereocenters. The van der Waals surface area contributed by atoms with Crippen LogP contribution in [0.15, 0.2) is 84.6 Å². The number of hydrogen-bond acceptors (Lipinski definition) is 6. The maximum absolute atomic E-state index is 13.3. The zero-order chi connectivity index (χ0) is 22.2. The third kappa shape index (κ3) is 3.08. The number of para-hydroxylation sites is 1. The van der Waals surface area contributed by atoms with E-state index in [1.807, 2.05) is 48.5 Å². The average molecular weight is 423 g/mol. The fourth-order valence-corrected chi connectivity index (χ4v) is 4.44. The highest BCUT2D eigenvalue weighted by molar-refractivity contribution is 6.10. The molecule has 0 saturated heterocycles. The van der Waals surface area contributed by atoms with Gasteiger partial charge >= 0.3 is 0 Å². The number of nitro groups is 1. The molecule has 32 heavy (non-hydrogen) atoms. The van der Waals surface area contributed by atoms with E-state index in [0.717, 1.165) is 16.9 Å². The molecule has 0 N–H and O–H groups in total. The number of non-ortho nitro benzene ring substituents is 1. The summed E-state index contributed by atoms with van der Waals surface area (Å²) in [6.07, 6.45) is 3.46. The van der Waals surface area contributed by atoms with Crippen molar-refractivity contribution in [1.29, 1.82) is 5.26 Å². The predicted octanol–water partition coefficient (Wildman–Crippen LogP) is 3.92. The second-order valence-electron chi connectivity index (χ2n) is 7.58. The fraction of sp³-hybridized carbons (Fsp3) is 0.125. The molecule has 2 unspecified atom stereocenters. The lowest BCUT2D eigenvalue weighted by atomic mass is 9.93. The van der Waals surface area contributed by atoms with Crippen LogP contribution in [0.5, 0.6) is 0 Å². The van der Waals surface area contributed by atoms with Crippen molar-refractivity contribution in [3.63, 3.8) is 0 Å². The predicted molar refractivity (Wildman–Crippen MR) is 118 cm³/mol. The topological polar surface area (TPSA) is 103 Å². The Labute approximate surface area is 183 Å². The Kier molecular flexibility index (Phi) is 4.64. The second kappa shape index (κ2) is 7.63. The molecular weight excluding hydrogens is 406 g/mol. The standard InChI is InChI=1S/C24H17N5O3/c25-14-16-13-22-23(28(24(16)30)18-8-10-19(11-9-18)29(31)32)20-6-1-2-7-21(20)27(22)15-17-5-3-4-12-26-17/h1-13,22-23H,15H2. The Morgan fingerprint density at radius 3 is 2.50 bits per heavy atom. The molecule has 156 valence electrons. The molecule has 3 aromatic rings. The van der Waals surface area contributed by atoms with Crippen LogP contribution in [-0.4, -0.2) is 21.9 Å². The third-order valence-electron chi connectivity index (χ3n) is 5.83. The largest absolute Gasteiger partial charge is 0.356 e. The first-order valence-corrected chi connectivity index (χ1v) is 10.0. The monoisotopic (exact) mass is 423 g/mol. The summed E-state index contributed by atoms with van der Waals surface area (Å²) in [4.78, 5) is 32.0. The first-order chi connectivity index (χ1) is 15.6. The summed E-state index contributed by atoms with van der Waals surface area (Å²) in [6.45, 7) is 0.510. The number of hydrogen-bond donors (Lipinski definition) is 0. The van der Waals surface area contributed by atoms with Gasteiger partial charge in [0, 0.05) is 35.3 Å². The molecule has 0 fully saturated rings. The summed E-state index contributed by atoms with van der Waals surface area (Å²) in [5.74, 6) is -0.419. The van der Waals surface area contributed by atoms with E-state index in [1.54, 1.807) is 29.3 Å². The molecule has 8 heteroatoms. The Morgan fingerprint density at radius 1 is 1.06 bits per heavy atom. The summed E-state index contributed by atoms with van der Waals surface area (Å²) in [6, 6.07) is 20.8. The van der Waals surface area contributed by atoms with Crippen molar-refractivity contribution in [2.45, 2.75) is 18.6 Å². The number of carbonyl (C=O) groups is 1. The highest BCUT2D eigenvalue weighted by Crippen LogP contribution is 2.48. The minimum absolute atomic E-state index is 0.0448. The number of amides is 1. The van der Waals surface area contributed by atoms with Crippen molar-refractivity contribution in [3.8, 4) is 6.07 Å². The van der Waals surface area contributed by atoms with Crippen LogP contribution < -0.4 is 9.80 Å². The van der Waals surface area contributed by atoms with E-state index in [0.29, 0.717) is 12.2 Å². The molecule has 8 nitrogen and oxygen atoms in total. The minimum Gasteiger partial charge on any atom is -0.356 e. The number of carbonyl (C=O) groups excluding carboxylic acids is 1. The highest BCUT2D eigenvalue weighted by atomic mass is 16.6. The number of nitro benzene ring substituents is 1. The summed E-state index contributed by atoms with van der Waals surface area (Å²) >= 11 is 0. The lowest BCUT2D eigenvalue weighted by Crippen LogP contribution is -2.47. The Morgan fingerprint density at radius 2 is 1.81 bits per heavy atom. The molecule has 1 amide bonds. The van der Waals surface area contributed by atoms with Crippen molar-refractivity contribution in [2.75, 3.05) is 9.80 Å². The molecule has 0 radical (unpaired) electrons. The quantitative estimate of drug-likeness (QED) is 0.465. The zero-order valence-electron chi connectivity index (χ0n) is 16.8. The summed E-state index contributed by atoms with van der Waals surface area (Å²) in [5.41, 5.74) is 3.27. The van der Waals surface area contributed by atoms with Crippen LogP contribution in [-0.2, 0) is 11.3 Å². The van der Waals surface area contributed by atoms with E-state index in [4.69, 9.17) is 0 Å². The van der Waals surface area contributed by atoms with Crippen LogP contribution in [0.2, 0.25) is 0 Å². The van der Waals surface area contributed by atoms with E-state index >= 15 is 0 Å². The molecule has 0 bridgehead atoms. The first kappa shape index (κ1) is 19.5. The lowest BCUT2D eigenvalue weighted by Gasteiger charge is -2.38. The van der Waals surface area contributed by atoms with Gasteiger partial charge in [-0.3, -0.25) is 24.8 Å². The van der Waals surface area contributed by atoms with Gasteiger partial charge in [-0.25, -0.2) is 0 Å². The fourth-order valence-electron chi connectivity index (χ4n) is 4.44. The molecular formula is C24H17N5O3. The average Bonchev–Trinajstić information content (AvgIpc) is 3.12. The van der Waals surface area contributed by atoms with Gasteiger partial charge < -0.3 is 4.90 Å². The van der Waals surface area contributed by atoms with E-state index in [-0.39, 0.29) is 23.3 Å². The van der Waals surface area contributed by atoms with Gasteiger partial charge in [0.15, 0.2) is 0 Å². The van der Waals surface area contributed by atoms with Gasteiger partial charge in [0.1, 0.15) is 11.6 Å². The van der Waals surface area contributed by atoms with Gasteiger partial charge in [-0.05, 0) is 36.4 Å². The van der Waals surface area contributed by atoms with Crippen LogP contribution >= 0.6 is 0 Å². The number of rotatable bonds is 4. The van der Waals surface area contributed by atoms with Gasteiger partial charge in [-0.15, -0.1) is 0 Å². The molecule has 2 aromatic carbocycles. The molecule has 0 aliphatic carbocycles. The number of fused-ring (bicyclic) bond motifs is 3. The van der Waals surface area contributed by atoms with Crippen molar-refractivity contribution < 1.29 is 9.72 Å². The smallest absolute Gasteiger partial charge is 0.269 e. The second-order valence-corrected chi connectivity index (χ2v) is 7.58. The summed E-state index contributed by atoms with van der Waals surface area (Å²) in [7, 11) is 0. The van der Waals surface area contributed by atoms with E-state index < -0.39 is 10.8 Å². The van der Waals surface area contributed by atoms with Crippen LogP contribution in [0.1, 0.15) is 17.3 Å². The first-order valence-electron chi connectivity index (χ1n) is 10.0. The van der Waals surface area contributed by atoms with E-state index in [2.05, 4.69) is 9.88 Å². The van der Waals surface area contributed by atoms with Crippen LogP contribution in [0, 0.1) is 21.4 Å². The van der Waals surface area contributed by atoms with Crippen molar-refractivity contribution >= 4 is 23.0 Å². The molecule has 2 aliphatic rings. The maximum Gasteiger partial charge on any atom is 0.269 e. The molecule has 5 rings (SSSR count). The minimum atomic E-state index is -0.481. The Bertz CT molecular complexity index is 1280. The number of aromatic nitrogens is 1. The third-order valence-corrected chi connectivity index (χ3v) is 5.83. The molecule has 0 saturated carbocycles. The molecule has 2 aliphatic heterocycles. The van der Waals surface area contributed by atoms with Crippen molar-refractivity contribution in [3.05, 3.63) is 106 Å². The SMILES string of the molecule is N#CC1=CC2C(c3ccccc3N2Cc2ccccn2)N(c2ccc([N+](=O)[O-])cc2)C1=O. The zero-order valence-corrected chi connectivity index (χ0v) is 16.8. The van der Waals surface area contributed by atoms with Crippen LogP contribution in [0.3, 0.4) is 0 Å². The van der Waals surface area contributed by atoms with Gasteiger partial charge in [-0.1, -0.05) is 24.3 Å². The molecule has 0 spiro atoms. The van der Waals surface area contributed by atoms with Gasteiger partial charge in [-0.2, -0.15) is 5.26 Å². The number of pyridine rings is 1. The summed E-state index contributed by atoms with van der Waals surface area (Å²) in [5, 5.41) is 20.7.